The molecule has 0 radical (unpaired) electrons. The molecule has 0 N–H and O–H groups in total. The third-order valence-electron chi connectivity index (χ3n) is 3.52. The zero-order chi connectivity index (χ0) is 11.8. The van der Waals surface area contributed by atoms with E-state index >= 15 is 0 Å². The molecule has 1 aliphatic rings. The van der Waals surface area contributed by atoms with Crippen LogP contribution in [-0.2, 0) is 15.3 Å². The maximum Gasteiger partial charge on any atom is 0.192 e. The lowest BCUT2D eigenvalue weighted by atomic mass is 9.86. The predicted molar refractivity (Wildman–Crippen MR) is 64.1 cm³/mol. The highest BCUT2D eigenvalue weighted by Crippen LogP contribution is 2.39. The van der Waals surface area contributed by atoms with Crippen LogP contribution < -0.4 is 0 Å². The normalized spacial score (nSPS) is 33.6. The molecule has 1 fully saturated rings. The molecule has 2 nitrogen and oxygen atoms in total. The highest BCUT2D eigenvalue weighted by atomic mass is 16.7. The second kappa shape index (κ2) is 3.86. The lowest BCUT2D eigenvalue weighted by molar-refractivity contribution is -0.325. The zero-order valence-corrected chi connectivity index (χ0v) is 10.5. The summed E-state index contributed by atoms with van der Waals surface area (Å²) >= 11 is 0. The van der Waals surface area contributed by atoms with Gasteiger partial charge in [0, 0.05) is 11.0 Å². The average molecular weight is 220 g/mol. The summed E-state index contributed by atoms with van der Waals surface area (Å²) in [5.41, 5.74) is 1.16. The Balaban J connectivity index is 2.23. The van der Waals surface area contributed by atoms with Gasteiger partial charge >= 0.3 is 0 Å². The predicted octanol–water partition coefficient (Wildman–Crippen LogP) is 3.32. The molecule has 88 valence electrons. The summed E-state index contributed by atoms with van der Waals surface area (Å²) in [6, 6.07) is 10.1. The van der Waals surface area contributed by atoms with Gasteiger partial charge < -0.3 is 9.47 Å². The van der Waals surface area contributed by atoms with Gasteiger partial charge in [-0.1, -0.05) is 44.2 Å². The van der Waals surface area contributed by atoms with E-state index in [0.717, 1.165) is 12.2 Å². The van der Waals surface area contributed by atoms with Gasteiger partial charge in [0.05, 0.1) is 12.7 Å². The van der Waals surface area contributed by atoms with Crippen LogP contribution in [0.2, 0.25) is 0 Å². The fraction of sp³-hybridized carbons (Fsp3) is 0.571. The van der Waals surface area contributed by atoms with Crippen LogP contribution in [0.25, 0.3) is 0 Å². The smallest absolute Gasteiger partial charge is 0.192 e. The maximum absolute atomic E-state index is 6.05. The van der Waals surface area contributed by atoms with Crippen LogP contribution in [0.3, 0.4) is 0 Å². The van der Waals surface area contributed by atoms with E-state index in [4.69, 9.17) is 9.47 Å². The first-order valence-corrected chi connectivity index (χ1v) is 5.81. The number of benzene rings is 1. The molecule has 1 saturated heterocycles. The van der Waals surface area contributed by atoms with Crippen molar-refractivity contribution in [1.82, 2.24) is 0 Å². The molecule has 1 aliphatic heterocycles. The molecule has 2 heteroatoms. The Hall–Kier alpha value is -0.860. The van der Waals surface area contributed by atoms with Gasteiger partial charge in [-0.2, -0.15) is 0 Å². The molecule has 0 saturated carbocycles. The van der Waals surface area contributed by atoms with E-state index in [-0.39, 0.29) is 11.5 Å². The van der Waals surface area contributed by atoms with Gasteiger partial charge in [-0.15, -0.1) is 0 Å². The third kappa shape index (κ3) is 2.00. The standard InChI is InChI=1S/C14H20O2/c1-11-13(2,3)10-15-14(4,16-11)12-8-6-5-7-9-12/h5-9,11H,10H2,1-4H3/t11-,14-/m0/s1. The number of hydrogen-bond donors (Lipinski definition) is 0. The largest absolute Gasteiger partial charge is 0.345 e. The summed E-state index contributed by atoms with van der Waals surface area (Å²) in [5.74, 6) is -0.601. The topological polar surface area (TPSA) is 18.5 Å². The first-order chi connectivity index (χ1) is 7.44. The van der Waals surface area contributed by atoms with Crippen LogP contribution >= 0.6 is 0 Å². The van der Waals surface area contributed by atoms with Gasteiger partial charge in [0.1, 0.15) is 0 Å². The zero-order valence-electron chi connectivity index (χ0n) is 10.5. The van der Waals surface area contributed by atoms with Crippen molar-refractivity contribution in [3.63, 3.8) is 0 Å². The second-order valence-electron chi connectivity index (χ2n) is 5.35. The van der Waals surface area contributed by atoms with E-state index in [2.05, 4.69) is 20.8 Å². The Morgan fingerprint density at radius 2 is 1.75 bits per heavy atom. The van der Waals surface area contributed by atoms with E-state index in [0.29, 0.717) is 0 Å². The van der Waals surface area contributed by atoms with Crippen molar-refractivity contribution in [3.8, 4) is 0 Å². The van der Waals surface area contributed by atoms with E-state index in [1.165, 1.54) is 0 Å². The quantitative estimate of drug-likeness (QED) is 0.722. The molecule has 16 heavy (non-hydrogen) atoms. The van der Waals surface area contributed by atoms with Crippen molar-refractivity contribution in [1.29, 1.82) is 0 Å². The first kappa shape index (κ1) is 11.6. The van der Waals surface area contributed by atoms with Crippen LogP contribution in [0, 0.1) is 5.41 Å². The van der Waals surface area contributed by atoms with Crippen molar-refractivity contribution in [2.24, 2.45) is 5.41 Å². The molecular weight excluding hydrogens is 200 g/mol. The molecular formula is C14H20O2. The number of ether oxygens (including phenoxy) is 2. The summed E-state index contributed by atoms with van der Waals surface area (Å²) in [6.45, 7) is 9.17. The van der Waals surface area contributed by atoms with Gasteiger partial charge in [-0.3, -0.25) is 0 Å². The Morgan fingerprint density at radius 1 is 1.12 bits per heavy atom. The van der Waals surface area contributed by atoms with E-state index in [9.17, 15) is 0 Å². The van der Waals surface area contributed by atoms with Gasteiger partial charge in [0.25, 0.3) is 0 Å². The lowest BCUT2D eigenvalue weighted by Crippen LogP contribution is -2.48. The van der Waals surface area contributed by atoms with Crippen LogP contribution in [0.15, 0.2) is 30.3 Å². The van der Waals surface area contributed by atoms with Crippen molar-refractivity contribution < 1.29 is 9.47 Å². The molecule has 0 amide bonds. The molecule has 2 atom stereocenters. The Kier molecular flexibility index (Phi) is 2.81. The molecule has 0 aromatic heterocycles. The van der Waals surface area contributed by atoms with Crippen molar-refractivity contribution in [2.75, 3.05) is 6.61 Å². The summed E-state index contributed by atoms with van der Waals surface area (Å²) in [7, 11) is 0. The molecule has 0 unspecified atom stereocenters. The van der Waals surface area contributed by atoms with Gasteiger partial charge in [0.15, 0.2) is 5.79 Å². The Morgan fingerprint density at radius 3 is 2.31 bits per heavy atom. The maximum atomic E-state index is 6.05. The fourth-order valence-corrected chi connectivity index (χ4v) is 1.86. The molecule has 0 bridgehead atoms. The van der Waals surface area contributed by atoms with Crippen LogP contribution in [0.5, 0.6) is 0 Å². The summed E-state index contributed by atoms with van der Waals surface area (Å²) in [6.07, 6.45) is 0.187. The molecule has 1 aromatic carbocycles. The second-order valence-corrected chi connectivity index (χ2v) is 5.35. The van der Waals surface area contributed by atoms with Crippen molar-refractivity contribution in [3.05, 3.63) is 35.9 Å². The van der Waals surface area contributed by atoms with E-state index in [1.54, 1.807) is 0 Å². The summed E-state index contributed by atoms with van der Waals surface area (Å²) < 4.78 is 12.0. The van der Waals surface area contributed by atoms with Crippen LogP contribution in [0.4, 0.5) is 0 Å². The Labute approximate surface area is 97.6 Å². The fourth-order valence-electron chi connectivity index (χ4n) is 1.86. The number of hydrogen-bond acceptors (Lipinski definition) is 2. The molecule has 2 rings (SSSR count). The minimum absolute atomic E-state index is 0.0777. The monoisotopic (exact) mass is 220 g/mol. The minimum atomic E-state index is -0.601. The summed E-state index contributed by atoms with van der Waals surface area (Å²) in [4.78, 5) is 0. The van der Waals surface area contributed by atoms with Gasteiger partial charge in [-0.25, -0.2) is 0 Å². The van der Waals surface area contributed by atoms with Gasteiger partial charge in [-0.05, 0) is 13.8 Å². The first-order valence-electron chi connectivity index (χ1n) is 5.81. The third-order valence-corrected chi connectivity index (χ3v) is 3.52. The van der Waals surface area contributed by atoms with E-state index < -0.39 is 5.79 Å². The van der Waals surface area contributed by atoms with Gasteiger partial charge in [0.2, 0.25) is 0 Å². The molecule has 0 aliphatic carbocycles. The molecule has 1 heterocycles. The van der Waals surface area contributed by atoms with Crippen molar-refractivity contribution in [2.45, 2.75) is 39.6 Å². The number of rotatable bonds is 1. The van der Waals surface area contributed by atoms with Crippen molar-refractivity contribution >= 4 is 0 Å². The molecule has 1 aromatic rings. The molecule has 0 spiro atoms. The average Bonchev–Trinajstić information content (AvgIpc) is 2.26. The highest BCUT2D eigenvalue weighted by Gasteiger charge is 2.42. The van der Waals surface area contributed by atoms with E-state index in [1.807, 2.05) is 37.3 Å². The highest BCUT2D eigenvalue weighted by molar-refractivity contribution is 5.20. The summed E-state index contributed by atoms with van der Waals surface area (Å²) in [5, 5.41) is 0. The lowest BCUT2D eigenvalue weighted by Gasteiger charge is -2.46. The van der Waals surface area contributed by atoms with Crippen LogP contribution in [0.1, 0.15) is 33.3 Å². The Bertz CT molecular complexity index is 358. The minimum Gasteiger partial charge on any atom is -0.345 e. The SMILES string of the molecule is C[C@@H]1O[C@@](C)(c2ccccc2)OCC1(C)C. The van der Waals surface area contributed by atoms with Crippen LogP contribution in [-0.4, -0.2) is 12.7 Å².